The molecule has 0 spiro atoms. The van der Waals surface area contributed by atoms with E-state index in [1.54, 1.807) is 0 Å². The Labute approximate surface area is 143 Å². The van der Waals surface area contributed by atoms with Gasteiger partial charge >= 0.3 is 5.69 Å². The molecule has 10 heteroatoms. The third kappa shape index (κ3) is 4.15. The van der Waals surface area contributed by atoms with Crippen molar-refractivity contribution in [3.8, 4) is 0 Å². The average Bonchev–Trinajstić information content (AvgIpc) is 2.84. The van der Waals surface area contributed by atoms with Gasteiger partial charge in [0.1, 0.15) is 24.0 Å². The maximum atomic E-state index is 12.1. The van der Waals surface area contributed by atoms with Crippen LogP contribution in [-0.4, -0.2) is 57.7 Å². The number of nitrogens with one attached hydrogen (secondary N) is 2. The predicted octanol–water partition coefficient (Wildman–Crippen LogP) is -1.21. The van der Waals surface area contributed by atoms with Crippen molar-refractivity contribution in [3.05, 3.63) is 27.0 Å². The van der Waals surface area contributed by atoms with Gasteiger partial charge in [0.05, 0.1) is 6.61 Å². The number of H-pyrrole nitrogens is 1. The normalized spacial score (nSPS) is 26.2. The minimum Gasteiger partial charge on any atom is -0.394 e. The van der Waals surface area contributed by atoms with E-state index in [0.29, 0.717) is 0 Å². The van der Waals surface area contributed by atoms with Crippen LogP contribution in [0.15, 0.2) is 15.8 Å². The molecule has 1 aromatic heterocycles. The van der Waals surface area contributed by atoms with E-state index in [-0.39, 0.29) is 23.9 Å². The minimum absolute atomic E-state index is 0.0986. The lowest BCUT2D eigenvalue weighted by Crippen LogP contribution is -2.39. The van der Waals surface area contributed by atoms with Crippen LogP contribution in [0.5, 0.6) is 0 Å². The fourth-order valence-corrected chi connectivity index (χ4v) is 2.68. The molecule has 10 nitrogen and oxygen atoms in total. The van der Waals surface area contributed by atoms with Gasteiger partial charge in [-0.3, -0.25) is 19.1 Å². The van der Waals surface area contributed by atoms with Gasteiger partial charge in [-0.25, -0.2) is 4.79 Å². The number of hydrogen-bond donors (Lipinski definition) is 4. The van der Waals surface area contributed by atoms with Crippen LogP contribution in [0.4, 0.5) is 5.69 Å². The predicted molar refractivity (Wildman–Crippen MR) is 87.2 cm³/mol. The van der Waals surface area contributed by atoms with Crippen LogP contribution in [0.25, 0.3) is 0 Å². The van der Waals surface area contributed by atoms with Gasteiger partial charge in [0.2, 0.25) is 5.91 Å². The number of methoxy groups -OCH3 is 1. The molecule has 1 aromatic rings. The van der Waals surface area contributed by atoms with Crippen molar-refractivity contribution in [2.45, 2.75) is 44.8 Å². The van der Waals surface area contributed by atoms with Crippen molar-refractivity contribution < 1.29 is 24.5 Å². The van der Waals surface area contributed by atoms with Crippen molar-refractivity contribution in [3.63, 3.8) is 0 Å². The van der Waals surface area contributed by atoms with Gasteiger partial charge in [-0.05, 0) is 5.92 Å². The number of aromatic nitrogens is 2. The molecule has 25 heavy (non-hydrogen) atoms. The van der Waals surface area contributed by atoms with Gasteiger partial charge < -0.3 is 25.0 Å². The second kappa shape index (κ2) is 7.91. The second-order valence-electron chi connectivity index (χ2n) is 6.29. The van der Waals surface area contributed by atoms with Crippen LogP contribution in [0.3, 0.4) is 0 Å². The zero-order valence-electron chi connectivity index (χ0n) is 14.3. The Morgan fingerprint density at radius 1 is 1.48 bits per heavy atom. The summed E-state index contributed by atoms with van der Waals surface area (Å²) in [6.07, 6.45) is -2.74. The van der Waals surface area contributed by atoms with E-state index in [1.807, 2.05) is 13.8 Å². The minimum atomic E-state index is -1.15. The molecule has 0 unspecified atom stereocenters. The largest absolute Gasteiger partial charge is 0.394 e. The fraction of sp³-hybridized carbons (Fsp3) is 0.667. The van der Waals surface area contributed by atoms with Crippen molar-refractivity contribution in [1.82, 2.24) is 9.55 Å². The van der Waals surface area contributed by atoms with Gasteiger partial charge in [-0.2, -0.15) is 0 Å². The molecule has 1 fully saturated rings. The van der Waals surface area contributed by atoms with Crippen LogP contribution in [0.1, 0.15) is 26.5 Å². The summed E-state index contributed by atoms with van der Waals surface area (Å²) in [5.41, 5.74) is -1.65. The number of hydrogen-bond acceptors (Lipinski definition) is 7. The number of anilines is 1. The average molecular weight is 357 g/mol. The highest BCUT2D eigenvalue weighted by Gasteiger charge is 2.45. The second-order valence-corrected chi connectivity index (χ2v) is 6.29. The molecular weight excluding hydrogens is 334 g/mol. The highest BCUT2D eigenvalue weighted by atomic mass is 16.6. The number of aliphatic hydroxyl groups is 2. The first-order chi connectivity index (χ1) is 11.8. The maximum Gasteiger partial charge on any atom is 0.330 e. The summed E-state index contributed by atoms with van der Waals surface area (Å²) in [7, 11) is 1.33. The number of aromatic amines is 1. The Balaban J connectivity index is 2.35. The smallest absolute Gasteiger partial charge is 0.330 e. The van der Waals surface area contributed by atoms with Gasteiger partial charge in [0.25, 0.3) is 5.56 Å². The SMILES string of the molecule is CO[C@@H]1[C@@H](O)[C@@H](CO)O[C@H]1n1cc(NC(=O)CC(C)C)c(=O)[nH]c1=O. The molecule has 1 aliphatic heterocycles. The van der Waals surface area contributed by atoms with Crippen LogP contribution in [-0.2, 0) is 14.3 Å². The van der Waals surface area contributed by atoms with Gasteiger partial charge in [0, 0.05) is 19.7 Å². The van der Waals surface area contributed by atoms with E-state index in [4.69, 9.17) is 9.47 Å². The molecule has 2 heterocycles. The third-order valence-corrected chi connectivity index (χ3v) is 3.87. The van der Waals surface area contributed by atoms with E-state index in [0.717, 1.165) is 10.8 Å². The van der Waals surface area contributed by atoms with Gasteiger partial charge in [-0.15, -0.1) is 0 Å². The topological polar surface area (TPSA) is 143 Å². The molecule has 0 radical (unpaired) electrons. The van der Waals surface area contributed by atoms with E-state index in [9.17, 15) is 24.6 Å². The van der Waals surface area contributed by atoms with Crippen LogP contribution in [0.2, 0.25) is 0 Å². The Hall–Kier alpha value is -2.01. The molecule has 0 bridgehead atoms. The molecule has 4 atom stereocenters. The lowest BCUT2D eigenvalue weighted by atomic mass is 10.1. The zero-order valence-corrected chi connectivity index (χ0v) is 14.3. The van der Waals surface area contributed by atoms with Crippen LogP contribution >= 0.6 is 0 Å². The molecule has 1 aliphatic rings. The molecule has 2 rings (SSSR count). The highest BCUT2D eigenvalue weighted by molar-refractivity contribution is 5.90. The summed E-state index contributed by atoms with van der Waals surface area (Å²) in [5.74, 6) is -0.268. The summed E-state index contributed by atoms with van der Waals surface area (Å²) in [5, 5.41) is 21.8. The quantitative estimate of drug-likeness (QED) is 0.500. The monoisotopic (exact) mass is 357 g/mol. The van der Waals surface area contributed by atoms with E-state index >= 15 is 0 Å². The molecule has 1 saturated heterocycles. The standard InChI is InChI=1S/C15H23N3O7/c1-7(2)4-10(20)16-8-5-18(15(23)17-13(8)22)14-12(24-3)11(21)9(6-19)25-14/h5,7,9,11-12,14,19,21H,4,6H2,1-3H3,(H,16,20)(H,17,22,23)/t9-,11+,12-,14-/m1/s1. The van der Waals surface area contributed by atoms with Crippen LogP contribution in [0, 0.1) is 5.92 Å². The number of nitrogens with zero attached hydrogens (tertiary/aromatic N) is 1. The Morgan fingerprint density at radius 2 is 2.16 bits per heavy atom. The molecule has 0 saturated carbocycles. The van der Waals surface area contributed by atoms with Crippen molar-refractivity contribution >= 4 is 11.6 Å². The summed E-state index contributed by atoms with van der Waals surface area (Å²) >= 11 is 0. The lowest BCUT2D eigenvalue weighted by molar-refractivity contribution is -0.116. The molecular formula is C15H23N3O7. The number of ether oxygens (including phenoxy) is 2. The Kier molecular flexibility index (Phi) is 6.11. The van der Waals surface area contributed by atoms with E-state index in [2.05, 4.69) is 10.3 Å². The third-order valence-electron chi connectivity index (χ3n) is 3.87. The molecule has 140 valence electrons. The first-order valence-corrected chi connectivity index (χ1v) is 7.91. The first kappa shape index (κ1) is 19.3. The van der Waals surface area contributed by atoms with Crippen molar-refractivity contribution in [2.75, 3.05) is 19.0 Å². The maximum absolute atomic E-state index is 12.1. The molecule has 0 aliphatic carbocycles. The summed E-state index contributed by atoms with van der Waals surface area (Å²) in [6.45, 7) is 3.25. The summed E-state index contributed by atoms with van der Waals surface area (Å²) in [6, 6.07) is 0. The lowest BCUT2D eigenvalue weighted by Gasteiger charge is -2.21. The van der Waals surface area contributed by atoms with E-state index in [1.165, 1.54) is 7.11 Å². The van der Waals surface area contributed by atoms with Gasteiger partial charge in [-0.1, -0.05) is 13.8 Å². The summed E-state index contributed by atoms with van der Waals surface area (Å²) in [4.78, 5) is 38.0. The van der Waals surface area contributed by atoms with Crippen molar-refractivity contribution in [1.29, 1.82) is 0 Å². The Bertz CT molecular complexity index is 727. The van der Waals surface area contributed by atoms with Crippen LogP contribution < -0.4 is 16.6 Å². The molecule has 0 aromatic carbocycles. The summed E-state index contributed by atoms with van der Waals surface area (Å²) < 4.78 is 11.6. The molecule has 4 N–H and O–H groups in total. The fourth-order valence-electron chi connectivity index (χ4n) is 2.68. The number of carbonyl (C=O) groups is 1. The number of aliphatic hydroxyl groups excluding tert-OH is 2. The zero-order chi connectivity index (χ0) is 18.7. The number of rotatable bonds is 6. The highest BCUT2D eigenvalue weighted by Crippen LogP contribution is 2.30. The van der Waals surface area contributed by atoms with Crippen molar-refractivity contribution in [2.24, 2.45) is 5.92 Å². The van der Waals surface area contributed by atoms with Gasteiger partial charge in [0.15, 0.2) is 6.23 Å². The van der Waals surface area contributed by atoms with E-state index < -0.39 is 42.4 Å². The molecule has 1 amide bonds. The Morgan fingerprint density at radius 3 is 2.72 bits per heavy atom. The number of carbonyl (C=O) groups excluding carboxylic acids is 1. The number of amides is 1. The first-order valence-electron chi connectivity index (χ1n) is 7.91.